The molecule has 0 fully saturated rings. The summed E-state index contributed by atoms with van der Waals surface area (Å²) >= 11 is 0. The zero-order valence-corrected chi connectivity index (χ0v) is 10.8. The van der Waals surface area contributed by atoms with Crippen LogP contribution < -0.4 is 9.47 Å². The average Bonchev–Trinajstić information content (AvgIpc) is 2.81. The zero-order valence-electron chi connectivity index (χ0n) is 10.8. The highest BCUT2D eigenvalue weighted by Gasteiger charge is 2.06. The molecule has 1 heterocycles. The van der Waals surface area contributed by atoms with E-state index in [1.54, 1.807) is 13.2 Å². The molecule has 19 heavy (non-hydrogen) atoms. The Balaban J connectivity index is 2.13. The molecule has 0 aliphatic heterocycles. The molecule has 3 nitrogen and oxygen atoms in total. The van der Waals surface area contributed by atoms with Gasteiger partial charge in [-0.05, 0) is 24.3 Å². The van der Waals surface area contributed by atoms with Crippen molar-refractivity contribution in [3.63, 3.8) is 0 Å². The van der Waals surface area contributed by atoms with Gasteiger partial charge in [0.25, 0.3) is 0 Å². The van der Waals surface area contributed by atoms with Gasteiger partial charge in [0.05, 0.1) is 18.1 Å². The molecular weight excluding hydrogens is 238 g/mol. The lowest BCUT2D eigenvalue weighted by atomic mass is 10.1. The summed E-state index contributed by atoms with van der Waals surface area (Å²) in [5.41, 5.74) is 2.13. The topological polar surface area (TPSA) is 34.2 Å². The molecule has 0 aliphatic rings. The maximum Gasteiger partial charge on any atom is 0.121 e. The van der Waals surface area contributed by atoms with Crippen molar-refractivity contribution in [3.8, 4) is 11.5 Å². The van der Waals surface area contributed by atoms with Gasteiger partial charge >= 0.3 is 0 Å². The number of nitrogens with one attached hydrogen (secondary N) is 1. The molecule has 0 aliphatic carbocycles. The zero-order chi connectivity index (χ0) is 13.2. The first-order chi connectivity index (χ1) is 9.31. The van der Waals surface area contributed by atoms with Crippen LogP contribution in [-0.2, 0) is 0 Å². The number of benzene rings is 2. The Kier molecular flexibility index (Phi) is 2.88. The Bertz CT molecular complexity index is 743. The summed E-state index contributed by atoms with van der Waals surface area (Å²) in [6.07, 6.45) is 1.74. The normalized spacial score (nSPS) is 10.8. The number of H-pyrrole nitrogens is 1. The fraction of sp³-hybridized carbons (Fsp3) is 0.125. The number of hydrogen-bond acceptors (Lipinski definition) is 2. The summed E-state index contributed by atoms with van der Waals surface area (Å²) in [5, 5.41) is 2.37. The summed E-state index contributed by atoms with van der Waals surface area (Å²) < 4.78 is 10.8. The summed E-state index contributed by atoms with van der Waals surface area (Å²) in [5.74, 6) is 1.69. The van der Waals surface area contributed by atoms with E-state index in [4.69, 9.17) is 9.47 Å². The van der Waals surface area contributed by atoms with Crippen molar-refractivity contribution in [2.24, 2.45) is 0 Å². The van der Waals surface area contributed by atoms with Crippen molar-refractivity contribution in [2.45, 2.75) is 0 Å². The van der Waals surface area contributed by atoms with E-state index in [1.165, 1.54) is 10.8 Å². The third-order valence-corrected chi connectivity index (χ3v) is 3.15. The number of fused-ring (bicyclic) bond motifs is 3. The van der Waals surface area contributed by atoms with Crippen LogP contribution in [0.25, 0.3) is 21.8 Å². The van der Waals surface area contributed by atoms with E-state index in [0.29, 0.717) is 6.61 Å². The highest BCUT2D eigenvalue weighted by atomic mass is 16.5. The van der Waals surface area contributed by atoms with E-state index in [2.05, 4.69) is 23.7 Å². The molecule has 3 rings (SSSR count). The van der Waals surface area contributed by atoms with Gasteiger partial charge in [-0.25, -0.2) is 0 Å². The smallest absolute Gasteiger partial charge is 0.121 e. The minimum Gasteiger partial charge on any atom is -0.497 e. The second-order valence-electron chi connectivity index (χ2n) is 4.34. The summed E-state index contributed by atoms with van der Waals surface area (Å²) in [6.45, 7) is 4.16. The lowest BCUT2D eigenvalue weighted by molar-refractivity contribution is 0.364. The number of ether oxygens (including phenoxy) is 2. The van der Waals surface area contributed by atoms with Crippen molar-refractivity contribution in [2.75, 3.05) is 13.7 Å². The summed E-state index contributed by atoms with van der Waals surface area (Å²) in [4.78, 5) is 3.38. The number of methoxy groups -OCH3 is 1. The predicted octanol–water partition coefficient (Wildman–Crippen LogP) is 3.89. The largest absolute Gasteiger partial charge is 0.497 e. The van der Waals surface area contributed by atoms with Gasteiger partial charge < -0.3 is 14.5 Å². The monoisotopic (exact) mass is 253 g/mol. The van der Waals surface area contributed by atoms with Crippen LogP contribution in [0.3, 0.4) is 0 Å². The lowest BCUT2D eigenvalue weighted by Crippen LogP contribution is -1.91. The molecule has 96 valence electrons. The van der Waals surface area contributed by atoms with Crippen LogP contribution in [0.4, 0.5) is 0 Å². The number of aromatic amines is 1. The van der Waals surface area contributed by atoms with Crippen LogP contribution in [0.2, 0.25) is 0 Å². The molecule has 0 spiro atoms. The van der Waals surface area contributed by atoms with Gasteiger partial charge in [0.2, 0.25) is 0 Å². The minimum atomic E-state index is 0.513. The van der Waals surface area contributed by atoms with Gasteiger partial charge in [-0.2, -0.15) is 0 Å². The van der Waals surface area contributed by atoms with Crippen molar-refractivity contribution < 1.29 is 9.47 Å². The SMILES string of the molecule is C=CCOc1ccc2c(c1)[nH]c1cc(OC)ccc12. The Hall–Kier alpha value is -2.42. The molecule has 1 aromatic heterocycles. The van der Waals surface area contributed by atoms with Crippen LogP contribution in [0.5, 0.6) is 11.5 Å². The number of aromatic nitrogens is 1. The molecule has 3 heteroatoms. The third-order valence-electron chi connectivity index (χ3n) is 3.15. The van der Waals surface area contributed by atoms with Crippen LogP contribution in [0, 0.1) is 0 Å². The number of hydrogen-bond donors (Lipinski definition) is 1. The van der Waals surface area contributed by atoms with E-state index < -0.39 is 0 Å². The van der Waals surface area contributed by atoms with Crippen molar-refractivity contribution >= 4 is 21.8 Å². The highest BCUT2D eigenvalue weighted by Crippen LogP contribution is 2.30. The molecule has 0 amide bonds. The minimum absolute atomic E-state index is 0.513. The van der Waals surface area contributed by atoms with Gasteiger partial charge in [-0.1, -0.05) is 12.7 Å². The standard InChI is InChI=1S/C16H15NO2/c1-3-8-19-12-5-7-14-13-6-4-11(18-2)9-15(13)17-16(14)10-12/h3-7,9-10,17H,1,8H2,2H3. The quantitative estimate of drug-likeness (QED) is 0.716. The Morgan fingerprint density at radius 2 is 1.68 bits per heavy atom. The first kappa shape index (κ1) is 11.7. The van der Waals surface area contributed by atoms with E-state index in [0.717, 1.165) is 22.5 Å². The van der Waals surface area contributed by atoms with E-state index in [9.17, 15) is 0 Å². The van der Waals surface area contributed by atoms with Crippen molar-refractivity contribution in [1.29, 1.82) is 0 Å². The molecule has 2 aromatic carbocycles. The van der Waals surface area contributed by atoms with E-state index >= 15 is 0 Å². The van der Waals surface area contributed by atoms with Gasteiger partial charge in [0.15, 0.2) is 0 Å². The van der Waals surface area contributed by atoms with Crippen LogP contribution in [-0.4, -0.2) is 18.7 Å². The molecular formula is C16H15NO2. The first-order valence-electron chi connectivity index (χ1n) is 6.15. The number of rotatable bonds is 4. The van der Waals surface area contributed by atoms with E-state index in [1.807, 2.05) is 24.3 Å². The molecule has 0 atom stereocenters. The average molecular weight is 253 g/mol. The highest BCUT2D eigenvalue weighted by molar-refractivity contribution is 6.07. The summed E-state index contributed by atoms with van der Waals surface area (Å²) in [6, 6.07) is 12.1. The van der Waals surface area contributed by atoms with Crippen LogP contribution in [0.15, 0.2) is 49.1 Å². The second-order valence-corrected chi connectivity index (χ2v) is 4.34. The fourth-order valence-electron chi connectivity index (χ4n) is 2.24. The molecule has 1 N–H and O–H groups in total. The Morgan fingerprint density at radius 3 is 2.32 bits per heavy atom. The fourth-order valence-corrected chi connectivity index (χ4v) is 2.24. The lowest BCUT2D eigenvalue weighted by Gasteiger charge is -2.02. The molecule has 3 aromatic rings. The molecule has 0 bridgehead atoms. The van der Waals surface area contributed by atoms with Gasteiger partial charge in [0, 0.05) is 22.9 Å². The Morgan fingerprint density at radius 1 is 1.05 bits per heavy atom. The Labute approximate surface area is 111 Å². The maximum atomic E-state index is 5.54. The van der Waals surface area contributed by atoms with Crippen molar-refractivity contribution in [1.82, 2.24) is 4.98 Å². The van der Waals surface area contributed by atoms with Crippen molar-refractivity contribution in [3.05, 3.63) is 49.1 Å². The first-order valence-corrected chi connectivity index (χ1v) is 6.15. The molecule has 0 saturated heterocycles. The predicted molar refractivity (Wildman–Crippen MR) is 78.0 cm³/mol. The molecule has 0 unspecified atom stereocenters. The summed E-state index contributed by atoms with van der Waals surface area (Å²) in [7, 11) is 1.67. The second kappa shape index (κ2) is 4.69. The maximum absolute atomic E-state index is 5.54. The van der Waals surface area contributed by atoms with Crippen LogP contribution in [0.1, 0.15) is 0 Å². The van der Waals surface area contributed by atoms with Gasteiger partial charge in [0.1, 0.15) is 18.1 Å². The molecule has 0 radical (unpaired) electrons. The van der Waals surface area contributed by atoms with Gasteiger partial charge in [-0.3, -0.25) is 0 Å². The van der Waals surface area contributed by atoms with Crippen LogP contribution >= 0.6 is 0 Å². The van der Waals surface area contributed by atoms with E-state index in [-0.39, 0.29) is 0 Å². The third kappa shape index (κ3) is 2.03. The molecule has 0 saturated carbocycles. The van der Waals surface area contributed by atoms with Gasteiger partial charge in [-0.15, -0.1) is 0 Å².